The fourth-order valence-corrected chi connectivity index (χ4v) is 1.52. The van der Waals surface area contributed by atoms with Crippen LogP contribution in [0.3, 0.4) is 0 Å². The molecule has 0 aliphatic carbocycles. The van der Waals surface area contributed by atoms with Gasteiger partial charge >= 0.3 is 17.1 Å². The van der Waals surface area contributed by atoms with Crippen LogP contribution in [0.2, 0.25) is 0 Å². The molecule has 1 N–H and O–H groups in total. The van der Waals surface area contributed by atoms with Crippen molar-refractivity contribution in [1.82, 2.24) is 10.4 Å². The number of pyridine rings is 1. The van der Waals surface area contributed by atoms with E-state index in [-0.39, 0.29) is 23.0 Å². The van der Waals surface area contributed by atoms with Gasteiger partial charge < -0.3 is 0 Å². The van der Waals surface area contributed by atoms with Crippen LogP contribution in [0.25, 0.3) is 0 Å². The molecule has 0 atom stereocenters. The molecule has 0 aliphatic rings. The van der Waals surface area contributed by atoms with Crippen LogP contribution < -0.4 is 5.43 Å². The Kier molecular flexibility index (Phi) is 8.20. The summed E-state index contributed by atoms with van der Waals surface area (Å²) in [5, 5.41) is 3.83. The minimum absolute atomic E-state index is 0. The number of hydrogen-bond acceptors (Lipinski definition) is 3. The first-order chi connectivity index (χ1) is 10.4. The average Bonchev–Trinajstić information content (AvgIpc) is 3.24. The van der Waals surface area contributed by atoms with Gasteiger partial charge in [-0.25, -0.2) is 23.6 Å². The van der Waals surface area contributed by atoms with Crippen LogP contribution in [0, 0.1) is 0 Å². The Balaban J connectivity index is 0.000000344. The summed E-state index contributed by atoms with van der Waals surface area (Å²) < 4.78 is 0. The van der Waals surface area contributed by atoms with E-state index in [4.69, 9.17) is 0 Å². The predicted octanol–water partition coefficient (Wildman–Crippen LogP) is 2.97. The van der Waals surface area contributed by atoms with E-state index in [1.165, 1.54) is 0 Å². The molecular formula is C17H15FeN3O. The predicted molar refractivity (Wildman–Crippen MR) is 83.4 cm³/mol. The third kappa shape index (κ3) is 6.31. The molecule has 0 saturated carbocycles. The van der Waals surface area contributed by atoms with Gasteiger partial charge in [0.05, 0.1) is 0 Å². The van der Waals surface area contributed by atoms with E-state index in [0.29, 0.717) is 5.69 Å². The van der Waals surface area contributed by atoms with Gasteiger partial charge in [0.15, 0.2) is 0 Å². The Morgan fingerprint density at radius 1 is 1.09 bits per heavy atom. The Morgan fingerprint density at radius 3 is 2.45 bits per heavy atom. The molecule has 0 spiro atoms. The molecule has 0 radical (unpaired) electrons. The summed E-state index contributed by atoms with van der Waals surface area (Å²) in [6.07, 6.45) is 3.15. The smallest absolute Gasteiger partial charge is 0.266 e. The Morgan fingerprint density at radius 2 is 1.91 bits per heavy atom. The molecule has 3 aromatic rings. The van der Waals surface area contributed by atoms with Crippen molar-refractivity contribution in [1.29, 1.82) is 0 Å². The first-order valence-electron chi connectivity index (χ1n) is 6.49. The van der Waals surface area contributed by atoms with Crippen LogP contribution in [0.15, 0.2) is 84.1 Å². The average molecular weight is 333 g/mol. The van der Waals surface area contributed by atoms with Gasteiger partial charge in [0.1, 0.15) is 5.69 Å². The zero-order chi connectivity index (χ0) is 14.8. The molecule has 0 bridgehead atoms. The monoisotopic (exact) mass is 333 g/mol. The third-order valence-corrected chi connectivity index (χ3v) is 2.52. The minimum atomic E-state index is -0.316. The van der Waals surface area contributed by atoms with E-state index in [1.54, 1.807) is 30.6 Å². The van der Waals surface area contributed by atoms with Gasteiger partial charge in [0.25, 0.3) is 5.91 Å². The fourth-order valence-electron chi connectivity index (χ4n) is 1.52. The minimum Gasteiger partial charge on any atom is -0.266 e. The standard InChI is InChI=1S/C12H10N3O.C5H5.Fe/c16-12(11-7-3-4-8-13-11)15-14-9-10-5-1-2-6-10;1-2-4-5-3-1;/h1-9H,(H,15,16);1-5H;/q2*-1;+2/b14-9+;;. The molecule has 112 valence electrons. The van der Waals surface area contributed by atoms with Crippen molar-refractivity contribution < 1.29 is 21.9 Å². The summed E-state index contributed by atoms with van der Waals surface area (Å²) in [7, 11) is 0. The number of carbonyl (C=O) groups is 1. The number of nitrogens with zero attached hydrogens (tertiary/aromatic N) is 2. The molecule has 5 heteroatoms. The van der Waals surface area contributed by atoms with Crippen LogP contribution in [0.1, 0.15) is 16.1 Å². The van der Waals surface area contributed by atoms with Gasteiger partial charge in [0, 0.05) is 6.20 Å². The van der Waals surface area contributed by atoms with E-state index in [9.17, 15) is 4.79 Å². The van der Waals surface area contributed by atoms with E-state index in [2.05, 4.69) is 15.5 Å². The Bertz CT molecular complexity index is 629. The van der Waals surface area contributed by atoms with E-state index in [0.717, 1.165) is 5.56 Å². The van der Waals surface area contributed by atoms with Crippen LogP contribution in [0.5, 0.6) is 0 Å². The maximum atomic E-state index is 11.5. The van der Waals surface area contributed by atoms with Gasteiger partial charge in [-0.15, -0.1) is 0 Å². The first kappa shape index (κ1) is 17.6. The van der Waals surface area contributed by atoms with Crippen LogP contribution in [-0.2, 0) is 17.1 Å². The zero-order valence-corrected chi connectivity index (χ0v) is 12.8. The molecule has 2 aromatic carbocycles. The van der Waals surface area contributed by atoms with Crippen molar-refractivity contribution in [3.05, 3.63) is 90.3 Å². The zero-order valence-electron chi connectivity index (χ0n) is 11.7. The van der Waals surface area contributed by atoms with Crippen molar-refractivity contribution in [2.75, 3.05) is 0 Å². The summed E-state index contributed by atoms with van der Waals surface area (Å²) >= 11 is 0. The molecule has 0 aliphatic heterocycles. The first-order valence-corrected chi connectivity index (χ1v) is 6.49. The van der Waals surface area contributed by atoms with Crippen molar-refractivity contribution in [2.24, 2.45) is 5.10 Å². The summed E-state index contributed by atoms with van der Waals surface area (Å²) in [4.78, 5) is 15.4. The molecule has 0 fully saturated rings. The molecule has 1 amide bonds. The van der Waals surface area contributed by atoms with Crippen LogP contribution >= 0.6 is 0 Å². The van der Waals surface area contributed by atoms with E-state index < -0.39 is 0 Å². The van der Waals surface area contributed by atoms with Crippen molar-refractivity contribution in [3.8, 4) is 0 Å². The molecule has 0 unspecified atom stereocenters. The van der Waals surface area contributed by atoms with Gasteiger partial charge in [-0.2, -0.15) is 47.1 Å². The second-order valence-corrected chi connectivity index (χ2v) is 4.09. The summed E-state index contributed by atoms with van der Waals surface area (Å²) in [5.41, 5.74) is 3.70. The number of carbonyl (C=O) groups excluding carboxylic acids is 1. The van der Waals surface area contributed by atoms with E-state index >= 15 is 0 Å². The number of hydrazone groups is 1. The molecule has 3 rings (SSSR count). The second kappa shape index (κ2) is 10.3. The van der Waals surface area contributed by atoms with Gasteiger partial charge in [-0.3, -0.25) is 9.78 Å². The van der Waals surface area contributed by atoms with Gasteiger partial charge in [0.2, 0.25) is 0 Å². The number of amides is 1. The summed E-state index contributed by atoms with van der Waals surface area (Å²) in [5.74, 6) is -0.316. The topological polar surface area (TPSA) is 54.4 Å². The quantitative estimate of drug-likeness (QED) is 0.347. The van der Waals surface area contributed by atoms with Crippen molar-refractivity contribution in [2.45, 2.75) is 0 Å². The van der Waals surface area contributed by atoms with Gasteiger partial charge in [-0.05, 0) is 18.3 Å². The third-order valence-electron chi connectivity index (χ3n) is 2.52. The number of rotatable bonds is 3. The molecular weight excluding hydrogens is 318 g/mol. The molecule has 4 nitrogen and oxygen atoms in total. The SMILES string of the molecule is O=C(N/N=C/c1cc[cH-]c1)c1ccccn1.[Fe+2].c1cc[cH-]c1. The molecule has 22 heavy (non-hydrogen) atoms. The van der Waals surface area contributed by atoms with Gasteiger partial charge in [-0.1, -0.05) is 6.07 Å². The number of nitrogens with one attached hydrogen (secondary N) is 1. The van der Waals surface area contributed by atoms with Crippen LogP contribution in [-0.4, -0.2) is 17.1 Å². The Labute approximate surface area is 140 Å². The number of hydrogen-bond donors (Lipinski definition) is 1. The molecule has 1 heterocycles. The molecule has 1 aromatic heterocycles. The summed E-state index contributed by atoms with van der Waals surface area (Å²) in [6.45, 7) is 0. The fraction of sp³-hybridized carbons (Fsp3) is 0. The molecule has 0 saturated heterocycles. The largest absolute Gasteiger partial charge is 2.00 e. The van der Waals surface area contributed by atoms with E-state index in [1.807, 2.05) is 54.6 Å². The van der Waals surface area contributed by atoms with Crippen molar-refractivity contribution >= 4 is 12.1 Å². The second-order valence-electron chi connectivity index (χ2n) is 4.09. The summed E-state index contributed by atoms with van der Waals surface area (Å²) in [6, 6.07) is 22.7. The maximum Gasteiger partial charge on any atom is 2.00 e. The maximum absolute atomic E-state index is 11.5. The van der Waals surface area contributed by atoms with Crippen molar-refractivity contribution in [3.63, 3.8) is 0 Å². The Hall–Kier alpha value is -2.49. The number of aromatic nitrogens is 1. The normalized spacial score (nSPS) is 9.45. The van der Waals surface area contributed by atoms with Crippen LogP contribution in [0.4, 0.5) is 0 Å².